The molecule has 2 nitrogen and oxygen atoms in total. The summed E-state index contributed by atoms with van der Waals surface area (Å²) in [5, 5.41) is 0. The van der Waals surface area contributed by atoms with Crippen LogP contribution in [0.2, 0.25) is 0 Å². The minimum atomic E-state index is 0.358. The first-order valence-corrected chi connectivity index (χ1v) is 8.03. The van der Waals surface area contributed by atoms with Crippen LogP contribution in [0.5, 0.6) is 5.75 Å². The first-order chi connectivity index (χ1) is 9.08. The predicted octanol–water partition coefficient (Wildman–Crippen LogP) is 4.15. The number of hydrogen-bond acceptors (Lipinski definition) is 2. The Hall–Kier alpha value is -0.540. The molecule has 2 rings (SSSR count). The van der Waals surface area contributed by atoms with E-state index in [2.05, 4.69) is 41.9 Å². The topological polar surface area (TPSA) is 35.2 Å². The summed E-state index contributed by atoms with van der Waals surface area (Å²) < 4.78 is 7.35. The van der Waals surface area contributed by atoms with E-state index in [0.717, 1.165) is 28.5 Å². The number of benzene rings is 1. The summed E-state index contributed by atoms with van der Waals surface area (Å²) in [4.78, 5) is 0. The molecule has 3 heteroatoms. The minimum Gasteiger partial charge on any atom is -0.490 e. The second-order valence-corrected chi connectivity index (χ2v) is 6.86. The van der Waals surface area contributed by atoms with E-state index >= 15 is 0 Å². The summed E-state index contributed by atoms with van der Waals surface area (Å²) in [5.41, 5.74) is 6.90. The minimum absolute atomic E-state index is 0.358. The lowest BCUT2D eigenvalue weighted by molar-refractivity contribution is 0.100. The molecule has 0 aliphatic heterocycles. The lowest BCUT2D eigenvalue weighted by Crippen LogP contribution is -2.28. The lowest BCUT2D eigenvalue weighted by Gasteiger charge is -2.32. The molecule has 0 bridgehead atoms. The van der Waals surface area contributed by atoms with E-state index in [0.29, 0.717) is 12.6 Å². The number of halogens is 1. The van der Waals surface area contributed by atoms with E-state index in [-0.39, 0.29) is 0 Å². The van der Waals surface area contributed by atoms with Gasteiger partial charge in [-0.3, -0.25) is 0 Å². The molecular weight excluding hydrogens is 302 g/mol. The van der Waals surface area contributed by atoms with Crippen molar-refractivity contribution in [2.45, 2.75) is 45.6 Å². The van der Waals surface area contributed by atoms with Crippen LogP contribution in [0, 0.1) is 11.8 Å². The van der Waals surface area contributed by atoms with Crippen LogP contribution < -0.4 is 10.5 Å². The van der Waals surface area contributed by atoms with Crippen LogP contribution in [0.3, 0.4) is 0 Å². The van der Waals surface area contributed by atoms with Crippen LogP contribution in [0.15, 0.2) is 22.7 Å². The van der Waals surface area contributed by atoms with Crippen molar-refractivity contribution >= 4 is 15.9 Å². The van der Waals surface area contributed by atoms with Gasteiger partial charge in [-0.1, -0.05) is 29.8 Å². The maximum atomic E-state index is 6.26. The van der Waals surface area contributed by atoms with Crippen molar-refractivity contribution in [3.8, 4) is 5.75 Å². The monoisotopic (exact) mass is 325 g/mol. The molecule has 1 saturated carbocycles. The van der Waals surface area contributed by atoms with Gasteiger partial charge in [-0.2, -0.15) is 0 Å². The van der Waals surface area contributed by atoms with Gasteiger partial charge in [0.15, 0.2) is 0 Å². The molecule has 1 aliphatic carbocycles. The third kappa shape index (κ3) is 4.22. The molecule has 0 saturated heterocycles. The van der Waals surface area contributed by atoms with Gasteiger partial charge in [-0.25, -0.2) is 0 Å². The summed E-state index contributed by atoms with van der Waals surface area (Å²) >= 11 is 3.51. The van der Waals surface area contributed by atoms with E-state index in [1.54, 1.807) is 0 Å². The summed E-state index contributed by atoms with van der Waals surface area (Å²) in [6.45, 7) is 5.31. The van der Waals surface area contributed by atoms with Crippen LogP contribution in [-0.4, -0.2) is 12.6 Å². The molecule has 1 fully saturated rings. The van der Waals surface area contributed by atoms with Crippen molar-refractivity contribution in [3.05, 3.63) is 28.2 Å². The van der Waals surface area contributed by atoms with E-state index in [9.17, 15) is 0 Å². The predicted molar refractivity (Wildman–Crippen MR) is 83.5 cm³/mol. The fourth-order valence-electron chi connectivity index (χ4n) is 3.16. The van der Waals surface area contributed by atoms with Crippen LogP contribution in [0.4, 0.5) is 0 Å². The maximum absolute atomic E-state index is 6.26. The van der Waals surface area contributed by atoms with Gasteiger partial charge in [-0.05, 0) is 67.8 Å². The van der Waals surface area contributed by atoms with Crippen molar-refractivity contribution in [1.29, 1.82) is 0 Å². The molecule has 1 aromatic rings. The van der Waals surface area contributed by atoms with Gasteiger partial charge in [0.25, 0.3) is 0 Å². The van der Waals surface area contributed by atoms with Crippen molar-refractivity contribution in [2.24, 2.45) is 17.6 Å². The molecule has 1 aromatic carbocycles. The molecule has 0 amide bonds. The second kappa shape index (κ2) is 6.76. The zero-order chi connectivity index (χ0) is 13.8. The Kier molecular flexibility index (Phi) is 5.28. The van der Waals surface area contributed by atoms with E-state index in [1.165, 1.54) is 24.8 Å². The first kappa shape index (κ1) is 14.9. The summed E-state index contributed by atoms with van der Waals surface area (Å²) in [5.74, 6) is 2.55. The van der Waals surface area contributed by atoms with Crippen LogP contribution >= 0.6 is 15.9 Å². The largest absolute Gasteiger partial charge is 0.490 e. The zero-order valence-electron chi connectivity index (χ0n) is 11.9. The van der Waals surface area contributed by atoms with Gasteiger partial charge >= 0.3 is 0 Å². The van der Waals surface area contributed by atoms with Crippen molar-refractivity contribution in [1.82, 2.24) is 0 Å². The summed E-state index contributed by atoms with van der Waals surface area (Å²) in [6.07, 6.45) is 4.89. The molecule has 2 unspecified atom stereocenters. The molecular formula is C16H24BrNO. The molecule has 1 aliphatic rings. The van der Waals surface area contributed by atoms with E-state index in [4.69, 9.17) is 10.5 Å². The van der Waals surface area contributed by atoms with Gasteiger partial charge in [0, 0.05) is 4.47 Å². The highest BCUT2D eigenvalue weighted by Crippen LogP contribution is 2.33. The third-order valence-corrected chi connectivity index (χ3v) is 4.36. The Morgan fingerprint density at radius 2 is 1.89 bits per heavy atom. The molecule has 106 valence electrons. The van der Waals surface area contributed by atoms with Gasteiger partial charge < -0.3 is 10.5 Å². The van der Waals surface area contributed by atoms with Crippen molar-refractivity contribution in [3.63, 3.8) is 0 Å². The normalized spacial score (nSPS) is 27.3. The number of ether oxygens (including phenoxy) is 1. The highest BCUT2D eigenvalue weighted by molar-refractivity contribution is 9.10. The Balaban J connectivity index is 2.09. The standard InChI is InChI=1S/C16H24BrNO/c1-11-7-12(2)9-15(8-11)19-16-4-3-14(17)10-13(16)5-6-18/h3-4,10-12,15H,5-9,18H2,1-2H3. The molecule has 0 aromatic heterocycles. The van der Waals surface area contributed by atoms with Gasteiger partial charge in [0.05, 0.1) is 6.10 Å². The molecule has 2 N–H and O–H groups in total. The van der Waals surface area contributed by atoms with Crippen LogP contribution in [-0.2, 0) is 6.42 Å². The van der Waals surface area contributed by atoms with Gasteiger partial charge in [0.2, 0.25) is 0 Å². The lowest BCUT2D eigenvalue weighted by atomic mass is 9.82. The molecule has 0 heterocycles. The Morgan fingerprint density at radius 3 is 2.53 bits per heavy atom. The SMILES string of the molecule is CC1CC(C)CC(Oc2ccc(Br)cc2CCN)C1. The van der Waals surface area contributed by atoms with E-state index < -0.39 is 0 Å². The van der Waals surface area contributed by atoms with Crippen molar-refractivity contribution in [2.75, 3.05) is 6.54 Å². The van der Waals surface area contributed by atoms with Crippen LogP contribution in [0.25, 0.3) is 0 Å². The average molecular weight is 326 g/mol. The van der Waals surface area contributed by atoms with Crippen LogP contribution in [0.1, 0.15) is 38.7 Å². The van der Waals surface area contributed by atoms with E-state index in [1.807, 2.05) is 6.07 Å². The smallest absolute Gasteiger partial charge is 0.123 e. The fraction of sp³-hybridized carbons (Fsp3) is 0.625. The fourth-order valence-corrected chi connectivity index (χ4v) is 3.57. The highest BCUT2D eigenvalue weighted by Gasteiger charge is 2.25. The van der Waals surface area contributed by atoms with Gasteiger partial charge in [0.1, 0.15) is 5.75 Å². The molecule has 0 radical (unpaired) electrons. The van der Waals surface area contributed by atoms with Crippen molar-refractivity contribution < 1.29 is 4.74 Å². The van der Waals surface area contributed by atoms with Gasteiger partial charge in [-0.15, -0.1) is 0 Å². The Labute approximate surface area is 124 Å². The average Bonchev–Trinajstić information content (AvgIpc) is 2.32. The summed E-state index contributed by atoms with van der Waals surface area (Å²) in [7, 11) is 0. The maximum Gasteiger partial charge on any atom is 0.123 e. The number of rotatable bonds is 4. The zero-order valence-corrected chi connectivity index (χ0v) is 13.4. The molecule has 0 spiro atoms. The third-order valence-electron chi connectivity index (χ3n) is 3.87. The Bertz CT molecular complexity index is 411. The Morgan fingerprint density at radius 1 is 1.21 bits per heavy atom. The second-order valence-electron chi connectivity index (χ2n) is 5.95. The number of hydrogen-bond donors (Lipinski definition) is 1. The number of nitrogens with two attached hydrogens (primary N) is 1. The quantitative estimate of drug-likeness (QED) is 0.902. The molecule has 2 atom stereocenters. The first-order valence-electron chi connectivity index (χ1n) is 7.23. The molecule has 19 heavy (non-hydrogen) atoms. The summed E-state index contributed by atoms with van der Waals surface area (Å²) in [6, 6.07) is 6.24. The highest BCUT2D eigenvalue weighted by atomic mass is 79.9.